The zero-order valence-electron chi connectivity index (χ0n) is 29.1. The molecular formula is C44H22Cl8LaN4. The fourth-order valence-electron chi connectivity index (χ4n) is 7.08. The second-order valence-electron chi connectivity index (χ2n) is 13.0. The molecule has 8 bridgehead atoms. The number of halogens is 8. The van der Waals surface area contributed by atoms with Crippen molar-refractivity contribution in [3.8, 4) is 39.1 Å². The Balaban J connectivity index is 0.00000455. The number of fused-ring (bicyclic) bond motifs is 8. The van der Waals surface area contributed by atoms with Gasteiger partial charge in [-0.3, -0.25) is 0 Å². The Labute approximate surface area is 395 Å². The molecule has 3 aromatic heterocycles. The van der Waals surface area contributed by atoms with Gasteiger partial charge in [-0.2, -0.15) is 0 Å². The SMILES string of the molecule is Clc1ccc(-c2c(-c3ccc(Cl)cc3Cl)c3c(-c4ccc(Cl)cc4Cl)c4nc(cc5ccc(cc6nc(cc2n3-c2ccc(Cl)cc2Cl)C=C6)[nH]5)C=C4)c(Cl)c1.[La]. The molecule has 4 nitrogen and oxygen atoms in total. The topological polar surface area (TPSA) is 46.5 Å². The molecule has 7 aromatic rings. The maximum atomic E-state index is 7.23. The van der Waals surface area contributed by atoms with Crippen LogP contribution in [-0.2, 0) is 0 Å². The molecule has 0 spiro atoms. The van der Waals surface area contributed by atoms with Crippen molar-refractivity contribution in [3.63, 3.8) is 0 Å². The van der Waals surface area contributed by atoms with Crippen LogP contribution in [0.25, 0.3) is 85.4 Å². The number of benzene rings is 4. The summed E-state index contributed by atoms with van der Waals surface area (Å²) in [6.45, 7) is 0. The molecule has 5 heterocycles. The van der Waals surface area contributed by atoms with E-state index in [1.807, 2.05) is 78.9 Å². The molecule has 0 aliphatic carbocycles. The van der Waals surface area contributed by atoms with Crippen LogP contribution in [0, 0.1) is 35.6 Å². The molecule has 0 atom stereocenters. The molecule has 1 radical (unpaired) electrons. The van der Waals surface area contributed by atoms with Crippen molar-refractivity contribution >= 4 is 139 Å². The predicted molar refractivity (Wildman–Crippen MR) is 240 cm³/mol. The molecule has 2 aliphatic heterocycles. The summed E-state index contributed by atoms with van der Waals surface area (Å²) in [6.07, 6.45) is 7.82. The second-order valence-corrected chi connectivity index (χ2v) is 16.4. The van der Waals surface area contributed by atoms with E-state index in [0.29, 0.717) is 107 Å². The molecule has 0 unspecified atom stereocenters. The van der Waals surface area contributed by atoms with Gasteiger partial charge in [-0.25, -0.2) is 9.97 Å². The first-order valence-corrected chi connectivity index (χ1v) is 20.0. The van der Waals surface area contributed by atoms with Crippen molar-refractivity contribution in [1.82, 2.24) is 19.5 Å². The van der Waals surface area contributed by atoms with Crippen LogP contribution in [0.3, 0.4) is 0 Å². The molecule has 13 heteroatoms. The number of H-pyrrole nitrogens is 1. The van der Waals surface area contributed by atoms with E-state index in [9.17, 15) is 0 Å². The van der Waals surface area contributed by atoms with Gasteiger partial charge in [0.05, 0.1) is 49.5 Å². The summed E-state index contributed by atoms with van der Waals surface area (Å²) in [5.74, 6) is 0. The summed E-state index contributed by atoms with van der Waals surface area (Å²) < 4.78 is 2.05. The van der Waals surface area contributed by atoms with Crippen molar-refractivity contribution in [2.75, 3.05) is 0 Å². The third-order valence-corrected chi connectivity index (χ3v) is 11.6. The number of aromatic amines is 1. The first-order valence-electron chi connectivity index (χ1n) is 17.0. The quantitative estimate of drug-likeness (QED) is 0.191. The minimum Gasteiger partial charge on any atom is -0.355 e. The van der Waals surface area contributed by atoms with Crippen LogP contribution in [0.4, 0.5) is 0 Å². The minimum atomic E-state index is 0. The summed E-state index contributed by atoms with van der Waals surface area (Å²) in [6, 6.07) is 31.4. The normalized spacial score (nSPS) is 11.9. The van der Waals surface area contributed by atoms with E-state index < -0.39 is 0 Å². The third-order valence-electron chi connectivity index (χ3n) is 9.42. The number of rotatable bonds is 4. The molecule has 0 amide bonds. The minimum absolute atomic E-state index is 0. The zero-order valence-corrected chi connectivity index (χ0v) is 38.7. The van der Waals surface area contributed by atoms with Crippen LogP contribution in [0.15, 0.2) is 103 Å². The molecule has 4 aromatic carbocycles. The monoisotopic (exact) mass is 1020 g/mol. The Morgan fingerprint density at radius 3 is 1.42 bits per heavy atom. The smallest absolute Gasteiger partial charge is 0.0737 e. The Morgan fingerprint density at radius 2 is 0.877 bits per heavy atom. The van der Waals surface area contributed by atoms with E-state index in [-0.39, 0.29) is 35.6 Å². The van der Waals surface area contributed by atoms with Gasteiger partial charge in [-0.1, -0.05) is 111 Å². The van der Waals surface area contributed by atoms with Gasteiger partial charge in [0.2, 0.25) is 0 Å². The van der Waals surface area contributed by atoms with Gasteiger partial charge in [0.1, 0.15) is 0 Å². The van der Waals surface area contributed by atoms with Crippen molar-refractivity contribution in [1.29, 1.82) is 0 Å². The molecule has 0 fully saturated rings. The maximum Gasteiger partial charge on any atom is 0.0737 e. The van der Waals surface area contributed by atoms with Gasteiger partial charge in [0.15, 0.2) is 0 Å². The Hall–Kier alpha value is -3.01. The average molecular weight is 1030 g/mol. The molecule has 0 saturated heterocycles. The summed E-state index contributed by atoms with van der Waals surface area (Å²) in [5, 5.41) is 3.41. The molecule has 1 N–H and O–H groups in total. The number of nitrogens with zero attached hydrogens (tertiary/aromatic N) is 3. The summed E-state index contributed by atoms with van der Waals surface area (Å²) in [5.41, 5.74) is 10.3. The van der Waals surface area contributed by atoms with Gasteiger partial charge in [0.25, 0.3) is 0 Å². The third kappa shape index (κ3) is 7.91. The number of aromatic nitrogens is 4. The van der Waals surface area contributed by atoms with Gasteiger partial charge < -0.3 is 9.55 Å². The van der Waals surface area contributed by atoms with Crippen LogP contribution in [0.5, 0.6) is 0 Å². The van der Waals surface area contributed by atoms with E-state index in [1.165, 1.54) is 0 Å². The van der Waals surface area contributed by atoms with E-state index in [4.69, 9.17) is 103 Å². The standard InChI is InChI=1S/C44H22Cl8N4.La/c45-22-1-10-31(34(49)15-22)41-38-13-9-29(55-38)20-28-6-5-26(53-28)19-27-7-8-30(54-27)21-40-42(32-11-2-23(46)16-35(32)50)43(33-12-3-24(47)17-36(33)51)44(41)56(40)39-14-4-25(48)18-37(39)52;/h1-21,53H;. The summed E-state index contributed by atoms with van der Waals surface area (Å²) >= 11 is 55.0. The van der Waals surface area contributed by atoms with Crippen molar-refractivity contribution in [2.45, 2.75) is 0 Å². The zero-order chi connectivity index (χ0) is 38.8. The molecule has 2 aliphatic rings. The van der Waals surface area contributed by atoms with Crippen molar-refractivity contribution in [2.24, 2.45) is 0 Å². The number of nitrogens with one attached hydrogen (secondary N) is 1. The maximum absolute atomic E-state index is 7.23. The van der Waals surface area contributed by atoms with E-state index in [2.05, 4.69) is 9.55 Å². The Kier molecular flexibility index (Phi) is 11.8. The van der Waals surface area contributed by atoms with E-state index in [1.54, 1.807) is 48.5 Å². The Bertz CT molecular complexity index is 3040. The van der Waals surface area contributed by atoms with Gasteiger partial charge in [-0.15, -0.1) is 0 Å². The first-order chi connectivity index (χ1) is 27.0. The number of hydrogen-bond acceptors (Lipinski definition) is 2. The summed E-state index contributed by atoms with van der Waals surface area (Å²) in [4.78, 5) is 13.7. The molecule has 57 heavy (non-hydrogen) atoms. The Morgan fingerprint density at radius 1 is 0.421 bits per heavy atom. The van der Waals surface area contributed by atoms with Gasteiger partial charge >= 0.3 is 0 Å². The number of hydrogen-bond donors (Lipinski definition) is 1. The first kappa shape index (κ1) is 40.8. The van der Waals surface area contributed by atoms with Crippen LogP contribution in [0.2, 0.25) is 40.2 Å². The van der Waals surface area contributed by atoms with Gasteiger partial charge in [-0.05, 0) is 109 Å². The summed E-state index contributed by atoms with van der Waals surface area (Å²) in [7, 11) is 0. The fraction of sp³-hybridized carbons (Fsp3) is 0. The van der Waals surface area contributed by atoms with Crippen LogP contribution in [0.1, 0.15) is 22.8 Å². The molecule has 9 rings (SSSR count). The van der Waals surface area contributed by atoms with Crippen LogP contribution < -0.4 is 0 Å². The predicted octanol–water partition coefficient (Wildman–Crippen LogP) is 16.3. The molecule has 0 saturated carbocycles. The van der Waals surface area contributed by atoms with Gasteiger partial charge in [0, 0.05) is 110 Å². The van der Waals surface area contributed by atoms with Crippen LogP contribution in [-0.4, -0.2) is 19.5 Å². The molecule has 277 valence electrons. The van der Waals surface area contributed by atoms with E-state index >= 15 is 0 Å². The van der Waals surface area contributed by atoms with Crippen LogP contribution >= 0.6 is 92.8 Å². The van der Waals surface area contributed by atoms with Crippen molar-refractivity contribution in [3.05, 3.63) is 166 Å². The van der Waals surface area contributed by atoms with Crippen molar-refractivity contribution < 1.29 is 35.6 Å². The largest absolute Gasteiger partial charge is 0.355 e. The molecular weight excluding hydrogens is 1010 g/mol. The fourth-order valence-corrected chi connectivity index (χ4v) is 9.09. The average Bonchev–Trinajstić information content (AvgIpc) is 3.95. The second kappa shape index (κ2) is 16.6. The van der Waals surface area contributed by atoms with E-state index in [0.717, 1.165) is 16.7 Å².